The number of nitrogens with one attached hydrogen (secondary N) is 1. The number of rotatable bonds is 5. The molecule has 0 saturated carbocycles. The van der Waals surface area contributed by atoms with E-state index in [-0.39, 0.29) is 35.3 Å². The zero-order chi connectivity index (χ0) is 11.3. The molecule has 0 amide bonds. The summed E-state index contributed by atoms with van der Waals surface area (Å²) in [5, 5.41) is 3.05. The van der Waals surface area contributed by atoms with Crippen molar-refractivity contribution in [3.8, 4) is 0 Å². The molecule has 84 valence electrons. The van der Waals surface area contributed by atoms with Crippen molar-refractivity contribution in [2.75, 3.05) is 17.6 Å². The molecule has 4 nitrogen and oxygen atoms in total. The standard InChI is InChI=1S/C10H15NO3S.Na/c1-9-4-2-5-10(8-9)11-6-3-7-15(12,13)14;/h2,4-5,8,11H,3,6-7H2,1H3,(H,12,13,14);/q;+1/p-1. The summed E-state index contributed by atoms with van der Waals surface area (Å²) in [7, 11) is -4.08. The van der Waals surface area contributed by atoms with Gasteiger partial charge in [-0.25, -0.2) is 8.42 Å². The third-order valence-corrected chi connectivity index (χ3v) is 2.71. The van der Waals surface area contributed by atoms with Crippen LogP contribution in [0.3, 0.4) is 0 Å². The van der Waals surface area contributed by atoms with Crippen molar-refractivity contribution in [2.45, 2.75) is 13.3 Å². The average molecular weight is 251 g/mol. The van der Waals surface area contributed by atoms with Crippen LogP contribution in [-0.4, -0.2) is 25.3 Å². The third kappa shape index (κ3) is 7.24. The summed E-state index contributed by atoms with van der Waals surface area (Å²) in [6.45, 7) is 2.47. The smallest absolute Gasteiger partial charge is 0.748 e. The van der Waals surface area contributed by atoms with Crippen molar-refractivity contribution < 1.29 is 42.5 Å². The fourth-order valence-electron chi connectivity index (χ4n) is 1.24. The van der Waals surface area contributed by atoms with E-state index < -0.39 is 10.1 Å². The van der Waals surface area contributed by atoms with Crippen LogP contribution >= 0.6 is 0 Å². The molecular formula is C10H14NNaO3S. The maximum absolute atomic E-state index is 10.3. The van der Waals surface area contributed by atoms with Gasteiger partial charge in [0.05, 0.1) is 10.1 Å². The second-order valence-corrected chi connectivity index (χ2v) is 4.94. The van der Waals surface area contributed by atoms with E-state index in [1.54, 1.807) is 0 Å². The van der Waals surface area contributed by atoms with Crippen LogP contribution in [0.4, 0.5) is 5.69 Å². The van der Waals surface area contributed by atoms with Gasteiger partial charge in [0.1, 0.15) is 0 Å². The van der Waals surface area contributed by atoms with Gasteiger partial charge < -0.3 is 9.87 Å². The van der Waals surface area contributed by atoms with Crippen LogP contribution in [0.2, 0.25) is 0 Å². The van der Waals surface area contributed by atoms with E-state index in [9.17, 15) is 13.0 Å². The summed E-state index contributed by atoms with van der Waals surface area (Å²) in [5.74, 6) is -0.314. The van der Waals surface area contributed by atoms with Crippen molar-refractivity contribution in [2.24, 2.45) is 0 Å². The Hall–Kier alpha value is -0.0700. The molecule has 0 radical (unpaired) electrons. The van der Waals surface area contributed by atoms with E-state index in [0.29, 0.717) is 13.0 Å². The fourth-order valence-corrected chi connectivity index (χ4v) is 1.73. The van der Waals surface area contributed by atoms with E-state index in [2.05, 4.69) is 5.32 Å². The molecule has 0 heterocycles. The van der Waals surface area contributed by atoms with E-state index in [0.717, 1.165) is 11.3 Å². The predicted molar refractivity (Wildman–Crippen MR) is 58.8 cm³/mol. The first-order chi connectivity index (χ1) is 6.97. The molecule has 1 aromatic carbocycles. The van der Waals surface area contributed by atoms with Crippen LogP contribution < -0.4 is 34.9 Å². The number of benzene rings is 1. The molecule has 0 spiro atoms. The van der Waals surface area contributed by atoms with E-state index in [4.69, 9.17) is 0 Å². The summed E-state index contributed by atoms with van der Waals surface area (Å²) >= 11 is 0. The van der Waals surface area contributed by atoms with Crippen molar-refractivity contribution in [1.82, 2.24) is 0 Å². The Bertz CT molecular complexity index is 420. The Morgan fingerprint density at radius 3 is 2.62 bits per heavy atom. The van der Waals surface area contributed by atoms with Gasteiger partial charge in [-0.05, 0) is 31.0 Å². The maximum atomic E-state index is 10.3. The minimum atomic E-state index is -4.08. The topological polar surface area (TPSA) is 69.2 Å². The minimum absolute atomic E-state index is 0. The van der Waals surface area contributed by atoms with Crippen LogP contribution in [0.25, 0.3) is 0 Å². The Morgan fingerprint density at radius 1 is 1.38 bits per heavy atom. The largest absolute Gasteiger partial charge is 1.00 e. The van der Waals surface area contributed by atoms with Gasteiger partial charge in [-0.2, -0.15) is 0 Å². The molecule has 0 aliphatic heterocycles. The van der Waals surface area contributed by atoms with Crippen LogP contribution in [-0.2, 0) is 10.1 Å². The van der Waals surface area contributed by atoms with Gasteiger partial charge in [-0.3, -0.25) is 0 Å². The van der Waals surface area contributed by atoms with Crippen molar-refractivity contribution in [3.05, 3.63) is 29.8 Å². The molecule has 0 bridgehead atoms. The van der Waals surface area contributed by atoms with Gasteiger partial charge in [-0.15, -0.1) is 0 Å². The summed E-state index contributed by atoms with van der Waals surface area (Å²) in [6.07, 6.45) is 0.333. The van der Waals surface area contributed by atoms with Crippen LogP contribution in [0.15, 0.2) is 24.3 Å². The summed E-state index contributed by atoms with van der Waals surface area (Å²) in [6, 6.07) is 7.76. The Morgan fingerprint density at radius 2 is 2.06 bits per heavy atom. The molecule has 0 atom stereocenters. The van der Waals surface area contributed by atoms with E-state index >= 15 is 0 Å². The molecule has 0 aliphatic carbocycles. The maximum Gasteiger partial charge on any atom is 1.00 e. The average Bonchev–Trinajstić information content (AvgIpc) is 2.11. The van der Waals surface area contributed by atoms with Crippen LogP contribution in [0.5, 0.6) is 0 Å². The van der Waals surface area contributed by atoms with Gasteiger partial charge in [0, 0.05) is 18.0 Å². The Labute approximate surface area is 118 Å². The number of hydrogen-bond acceptors (Lipinski definition) is 4. The first-order valence-corrected chi connectivity index (χ1v) is 6.29. The molecule has 0 saturated heterocycles. The zero-order valence-electron chi connectivity index (χ0n) is 9.56. The molecule has 1 aromatic rings. The Kier molecular flexibility index (Phi) is 7.26. The SMILES string of the molecule is Cc1cccc(NCCCS(=O)(=O)[O-])c1.[Na+]. The molecule has 0 aromatic heterocycles. The van der Waals surface area contributed by atoms with Gasteiger partial charge >= 0.3 is 29.6 Å². The molecule has 0 unspecified atom stereocenters. The summed E-state index contributed by atoms with van der Waals surface area (Å²) < 4.78 is 30.9. The van der Waals surface area contributed by atoms with Crippen molar-refractivity contribution in [3.63, 3.8) is 0 Å². The summed E-state index contributed by atoms with van der Waals surface area (Å²) in [4.78, 5) is 0. The summed E-state index contributed by atoms with van der Waals surface area (Å²) in [5.41, 5.74) is 2.08. The molecule has 0 aliphatic rings. The van der Waals surface area contributed by atoms with Crippen molar-refractivity contribution >= 4 is 15.8 Å². The van der Waals surface area contributed by atoms with Crippen LogP contribution in [0.1, 0.15) is 12.0 Å². The van der Waals surface area contributed by atoms with Gasteiger partial charge in [0.25, 0.3) is 0 Å². The third-order valence-electron chi connectivity index (χ3n) is 1.92. The fraction of sp³-hybridized carbons (Fsp3) is 0.400. The quantitative estimate of drug-likeness (QED) is 0.386. The predicted octanol–water partition coefficient (Wildman–Crippen LogP) is -1.65. The number of anilines is 1. The van der Waals surface area contributed by atoms with Crippen molar-refractivity contribution in [1.29, 1.82) is 0 Å². The van der Waals surface area contributed by atoms with Gasteiger partial charge in [0.15, 0.2) is 0 Å². The second-order valence-electron chi connectivity index (χ2n) is 3.41. The molecular weight excluding hydrogens is 237 g/mol. The van der Waals surface area contributed by atoms with Crippen LogP contribution in [0, 0.1) is 6.92 Å². The zero-order valence-corrected chi connectivity index (χ0v) is 12.4. The van der Waals surface area contributed by atoms with E-state index in [1.165, 1.54) is 0 Å². The number of hydrogen-bond donors (Lipinski definition) is 1. The monoisotopic (exact) mass is 251 g/mol. The first kappa shape index (κ1) is 15.9. The molecule has 16 heavy (non-hydrogen) atoms. The first-order valence-electron chi connectivity index (χ1n) is 4.71. The normalized spacial score (nSPS) is 10.6. The molecule has 1 N–H and O–H groups in total. The minimum Gasteiger partial charge on any atom is -0.748 e. The molecule has 0 fully saturated rings. The molecule has 1 rings (SSSR count). The second kappa shape index (κ2) is 7.29. The number of aryl methyl sites for hydroxylation is 1. The Balaban J connectivity index is 0.00000225. The molecule has 6 heteroatoms. The van der Waals surface area contributed by atoms with Gasteiger partial charge in [0.2, 0.25) is 0 Å². The van der Waals surface area contributed by atoms with E-state index in [1.807, 2.05) is 31.2 Å². The van der Waals surface area contributed by atoms with Gasteiger partial charge in [-0.1, -0.05) is 12.1 Å².